The van der Waals surface area contributed by atoms with Crippen molar-refractivity contribution in [3.05, 3.63) is 95.5 Å². The van der Waals surface area contributed by atoms with Crippen LogP contribution in [0.2, 0.25) is 0 Å². The van der Waals surface area contributed by atoms with E-state index >= 15 is 0 Å². The highest BCUT2D eigenvalue weighted by Crippen LogP contribution is 2.41. The van der Waals surface area contributed by atoms with Crippen LogP contribution in [0.15, 0.2) is 89.9 Å². The summed E-state index contributed by atoms with van der Waals surface area (Å²) in [6, 6.07) is 17.5. The van der Waals surface area contributed by atoms with E-state index in [4.69, 9.17) is 18.9 Å². The molecule has 0 aliphatic heterocycles. The molecule has 0 atom stereocenters. The third kappa shape index (κ3) is 8.79. The van der Waals surface area contributed by atoms with Crippen LogP contribution in [-0.4, -0.2) is 53.7 Å². The largest absolute Gasteiger partial charge is 0.493 e. The van der Waals surface area contributed by atoms with Crippen LogP contribution in [0.25, 0.3) is 11.4 Å². The fourth-order valence-electron chi connectivity index (χ4n) is 4.11. The topological polar surface area (TPSA) is 160 Å². The number of hydrogen-bond acceptors (Lipinski definition) is 11. The molecule has 5 aromatic rings. The molecule has 0 saturated heterocycles. The van der Waals surface area contributed by atoms with E-state index in [1.165, 1.54) is 7.11 Å². The number of aromatic nitrogens is 5. The van der Waals surface area contributed by atoms with Gasteiger partial charge in [0.15, 0.2) is 23.1 Å². The number of hydrogen-bond donors (Lipinski definition) is 2. The highest BCUT2D eigenvalue weighted by Gasteiger charge is 2.24. The highest BCUT2D eigenvalue weighted by molar-refractivity contribution is 9.10. The third-order valence-electron chi connectivity index (χ3n) is 6.18. The van der Waals surface area contributed by atoms with Crippen LogP contribution in [0.3, 0.4) is 0 Å². The van der Waals surface area contributed by atoms with E-state index in [2.05, 4.69) is 57.2 Å². The SMILES string of the molecule is CCCc1ccc(NS(=O)(=O)Nc2nc(-c3ccncc3)nc(OCCOc3ncc(Br)cn3)c2Oc2ccccc2OC)cc1. The van der Waals surface area contributed by atoms with Crippen LogP contribution in [0.4, 0.5) is 11.5 Å². The lowest BCUT2D eigenvalue weighted by Crippen LogP contribution is -2.23. The molecule has 0 fully saturated rings. The number of benzene rings is 2. The molecule has 0 unspecified atom stereocenters. The summed E-state index contributed by atoms with van der Waals surface area (Å²) < 4.78 is 55.9. The summed E-state index contributed by atoms with van der Waals surface area (Å²) >= 11 is 3.28. The Bertz CT molecular complexity index is 1850. The van der Waals surface area contributed by atoms with Crippen molar-refractivity contribution < 1.29 is 27.4 Å². The average Bonchev–Trinajstić information content (AvgIpc) is 3.06. The number of ether oxygens (including phenoxy) is 4. The number of nitrogens with one attached hydrogen (secondary N) is 2. The first-order chi connectivity index (χ1) is 22.3. The molecule has 13 nitrogen and oxygen atoms in total. The molecule has 2 aromatic carbocycles. The van der Waals surface area contributed by atoms with Gasteiger partial charge in [-0.3, -0.25) is 9.71 Å². The predicted molar refractivity (Wildman–Crippen MR) is 176 cm³/mol. The number of methoxy groups -OCH3 is 1. The normalized spacial score (nSPS) is 11.0. The molecule has 2 N–H and O–H groups in total. The van der Waals surface area contributed by atoms with Crippen molar-refractivity contribution in [2.75, 3.05) is 29.8 Å². The minimum atomic E-state index is -4.24. The smallest absolute Gasteiger partial charge is 0.322 e. The van der Waals surface area contributed by atoms with E-state index in [9.17, 15) is 8.42 Å². The van der Waals surface area contributed by atoms with Gasteiger partial charge in [0, 0.05) is 30.4 Å². The molecule has 46 heavy (non-hydrogen) atoms. The van der Waals surface area contributed by atoms with Gasteiger partial charge in [0.25, 0.3) is 5.88 Å². The zero-order valence-corrected chi connectivity index (χ0v) is 27.3. The fraction of sp³-hybridized carbons (Fsp3) is 0.194. The molecule has 15 heteroatoms. The van der Waals surface area contributed by atoms with Gasteiger partial charge >= 0.3 is 16.2 Å². The fourth-order valence-corrected chi connectivity index (χ4v) is 5.21. The number of nitrogens with zero attached hydrogens (tertiary/aromatic N) is 5. The first kappa shape index (κ1) is 32.4. The Hall–Kier alpha value is -5.02. The highest BCUT2D eigenvalue weighted by atomic mass is 79.9. The van der Waals surface area contributed by atoms with Gasteiger partial charge in [-0.05, 0) is 64.3 Å². The number of para-hydroxylation sites is 2. The molecular weight excluding hydrogens is 678 g/mol. The lowest BCUT2D eigenvalue weighted by atomic mass is 10.1. The standard InChI is InChI=1S/C31H30BrN7O6S/c1-3-6-21-9-11-24(12-10-21)38-46(40,41)39-29-27(45-26-8-5-4-7-25(26)42-2)30(37-28(36-29)22-13-15-33-16-14-22)43-17-18-44-31-34-19-23(32)20-35-31/h4-5,7-16,19-20,38H,3,6,17-18H2,1-2H3,(H,36,37,39). The Balaban J connectivity index is 1.50. The zero-order valence-electron chi connectivity index (χ0n) is 24.9. The summed E-state index contributed by atoms with van der Waals surface area (Å²) in [7, 11) is -2.75. The molecule has 3 aromatic heterocycles. The van der Waals surface area contributed by atoms with Gasteiger partial charge in [0.1, 0.15) is 13.2 Å². The quantitative estimate of drug-likeness (QED) is 0.122. The molecular formula is C31H30BrN7O6S. The molecule has 0 aliphatic rings. The van der Waals surface area contributed by atoms with Gasteiger partial charge in [-0.15, -0.1) is 0 Å². The van der Waals surface area contributed by atoms with Gasteiger partial charge < -0.3 is 18.9 Å². The Labute approximate surface area is 274 Å². The van der Waals surface area contributed by atoms with E-state index in [1.54, 1.807) is 73.3 Å². The third-order valence-corrected chi connectivity index (χ3v) is 7.56. The zero-order chi connectivity index (χ0) is 32.4. The van der Waals surface area contributed by atoms with E-state index in [-0.39, 0.29) is 48.2 Å². The molecule has 238 valence electrons. The number of anilines is 2. The summed E-state index contributed by atoms with van der Waals surface area (Å²) in [4.78, 5) is 21.3. The molecule has 0 amide bonds. The van der Waals surface area contributed by atoms with Crippen LogP contribution >= 0.6 is 15.9 Å². The monoisotopic (exact) mass is 707 g/mol. The number of aryl methyl sites for hydroxylation is 1. The second-order valence-electron chi connectivity index (χ2n) is 9.55. The minimum absolute atomic E-state index is 0.0247. The first-order valence-electron chi connectivity index (χ1n) is 14.1. The summed E-state index contributed by atoms with van der Waals surface area (Å²) in [5.41, 5.74) is 2.02. The summed E-state index contributed by atoms with van der Waals surface area (Å²) in [6.45, 7) is 2.10. The lowest BCUT2D eigenvalue weighted by molar-refractivity contribution is 0.197. The van der Waals surface area contributed by atoms with Gasteiger partial charge in [-0.1, -0.05) is 37.6 Å². The summed E-state index contributed by atoms with van der Waals surface area (Å²) in [5.74, 6) is 0.468. The molecule has 0 radical (unpaired) electrons. The Morgan fingerprint density at radius 3 is 2.24 bits per heavy atom. The van der Waals surface area contributed by atoms with Crippen molar-refractivity contribution in [2.45, 2.75) is 19.8 Å². The molecule has 3 heterocycles. The molecule has 5 rings (SSSR count). The Morgan fingerprint density at radius 2 is 1.54 bits per heavy atom. The molecule has 0 aliphatic carbocycles. The van der Waals surface area contributed by atoms with Crippen LogP contribution in [0.1, 0.15) is 18.9 Å². The van der Waals surface area contributed by atoms with Crippen LogP contribution in [-0.2, 0) is 16.6 Å². The summed E-state index contributed by atoms with van der Waals surface area (Å²) in [5, 5.41) is 0. The van der Waals surface area contributed by atoms with Crippen LogP contribution in [0.5, 0.6) is 29.1 Å². The van der Waals surface area contributed by atoms with Crippen molar-refractivity contribution in [3.63, 3.8) is 0 Å². The minimum Gasteiger partial charge on any atom is -0.493 e. The van der Waals surface area contributed by atoms with Crippen molar-refractivity contribution in [2.24, 2.45) is 0 Å². The van der Waals surface area contributed by atoms with Crippen molar-refractivity contribution >= 4 is 37.6 Å². The molecule has 0 saturated carbocycles. The van der Waals surface area contributed by atoms with Crippen molar-refractivity contribution in [1.29, 1.82) is 0 Å². The maximum absolute atomic E-state index is 13.5. The van der Waals surface area contributed by atoms with Gasteiger partial charge in [0.05, 0.1) is 17.3 Å². The second kappa shape index (κ2) is 15.3. The number of pyridine rings is 1. The number of rotatable bonds is 15. The van der Waals surface area contributed by atoms with E-state index in [1.807, 2.05) is 12.1 Å². The van der Waals surface area contributed by atoms with Gasteiger partial charge in [0.2, 0.25) is 5.75 Å². The maximum Gasteiger partial charge on any atom is 0.322 e. The van der Waals surface area contributed by atoms with Gasteiger partial charge in [-0.25, -0.2) is 19.7 Å². The van der Waals surface area contributed by atoms with Crippen molar-refractivity contribution in [1.82, 2.24) is 24.9 Å². The Kier molecular flexibility index (Phi) is 10.8. The number of halogens is 1. The van der Waals surface area contributed by atoms with E-state index in [0.29, 0.717) is 21.5 Å². The van der Waals surface area contributed by atoms with Crippen molar-refractivity contribution in [3.8, 4) is 40.5 Å². The molecule has 0 spiro atoms. The van der Waals surface area contributed by atoms with Gasteiger partial charge in [-0.2, -0.15) is 13.4 Å². The van der Waals surface area contributed by atoms with Crippen LogP contribution in [0, 0.1) is 0 Å². The molecule has 0 bridgehead atoms. The predicted octanol–water partition coefficient (Wildman–Crippen LogP) is 6.07. The maximum atomic E-state index is 13.5. The van der Waals surface area contributed by atoms with E-state index in [0.717, 1.165) is 18.4 Å². The Morgan fingerprint density at radius 1 is 0.848 bits per heavy atom. The average molecular weight is 709 g/mol. The van der Waals surface area contributed by atoms with Crippen LogP contribution < -0.4 is 28.4 Å². The second-order valence-corrected chi connectivity index (χ2v) is 11.9. The van der Waals surface area contributed by atoms with E-state index < -0.39 is 10.2 Å². The first-order valence-corrected chi connectivity index (χ1v) is 16.4. The lowest BCUT2D eigenvalue weighted by Gasteiger charge is -2.18. The summed E-state index contributed by atoms with van der Waals surface area (Å²) in [6.07, 6.45) is 8.11.